The van der Waals surface area contributed by atoms with Crippen molar-refractivity contribution < 1.29 is 0 Å². The van der Waals surface area contributed by atoms with Crippen molar-refractivity contribution >= 4 is 17.1 Å². The maximum absolute atomic E-state index is 4.47. The van der Waals surface area contributed by atoms with E-state index in [1.54, 1.807) is 0 Å². The number of rotatable bonds is 9. The normalized spacial score (nSPS) is 13.9. The number of pyridine rings is 1. The van der Waals surface area contributed by atoms with E-state index in [4.69, 9.17) is 0 Å². The van der Waals surface area contributed by atoms with E-state index in [1.807, 2.05) is 30.6 Å². The van der Waals surface area contributed by atoms with Crippen molar-refractivity contribution in [2.24, 2.45) is 0 Å². The number of nitrogens with one attached hydrogen (secondary N) is 3. The fourth-order valence-corrected chi connectivity index (χ4v) is 3.74. The summed E-state index contributed by atoms with van der Waals surface area (Å²) in [5.41, 5.74) is 6.89. The van der Waals surface area contributed by atoms with Gasteiger partial charge in [0.15, 0.2) is 0 Å². The molecule has 4 heteroatoms. The van der Waals surface area contributed by atoms with Crippen molar-refractivity contribution in [2.75, 3.05) is 29.0 Å². The molecule has 2 aromatic carbocycles. The van der Waals surface area contributed by atoms with Crippen LogP contribution in [0.2, 0.25) is 0 Å². The molecule has 1 aliphatic carbocycles. The zero-order chi connectivity index (χ0) is 21.3. The van der Waals surface area contributed by atoms with E-state index in [1.165, 1.54) is 5.57 Å². The van der Waals surface area contributed by atoms with E-state index in [9.17, 15) is 0 Å². The molecule has 0 spiro atoms. The van der Waals surface area contributed by atoms with E-state index in [-0.39, 0.29) is 6.04 Å². The first kappa shape index (κ1) is 20.7. The van der Waals surface area contributed by atoms with Gasteiger partial charge in [-0.05, 0) is 61.2 Å². The SMILES string of the molecule is C[C@H](Nc1cncc(-c2cccc(NCCNc3ccccc3)c2)c1)C1=CCCC=C1. The van der Waals surface area contributed by atoms with Crippen LogP contribution in [0, 0.1) is 0 Å². The molecule has 1 atom stereocenters. The molecule has 4 nitrogen and oxygen atoms in total. The highest BCUT2D eigenvalue weighted by Gasteiger charge is 2.09. The highest BCUT2D eigenvalue weighted by Crippen LogP contribution is 2.25. The predicted octanol–water partition coefficient (Wildman–Crippen LogP) is 6.35. The molecule has 0 saturated heterocycles. The van der Waals surface area contributed by atoms with Gasteiger partial charge < -0.3 is 16.0 Å². The lowest BCUT2D eigenvalue weighted by molar-refractivity contribution is 0.904. The average molecular weight is 411 g/mol. The summed E-state index contributed by atoms with van der Waals surface area (Å²) in [4.78, 5) is 4.47. The molecule has 3 aromatic rings. The molecule has 0 bridgehead atoms. The van der Waals surface area contributed by atoms with Crippen molar-refractivity contribution in [1.82, 2.24) is 4.98 Å². The highest BCUT2D eigenvalue weighted by molar-refractivity contribution is 5.70. The Morgan fingerprint density at radius 3 is 2.39 bits per heavy atom. The van der Waals surface area contributed by atoms with Gasteiger partial charge in [-0.2, -0.15) is 0 Å². The van der Waals surface area contributed by atoms with Crippen LogP contribution < -0.4 is 16.0 Å². The Balaban J connectivity index is 1.36. The number of nitrogens with zero attached hydrogens (tertiary/aromatic N) is 1. The third kappa shape index (κ3) is 5.98. The second-order valence-electron chi connectivity index (χ2n) is 7.81. The van der Waals surface area contributed by atoms with Gasteiger partial charge in [-0.15, -0.1) is 0 Å². The van der Waals surface area contributed by atoms with E-state index in [2.05, 4.69) is 88.6 Å². The molecule has 0 radical (unpaired) electrons. The van der Waals surface area contributed by atoms with E-state index in [0.717, 1.165) is 54.1 Å². The van der Waals surface area contributed by atoms with Crippen LogP contribution in [0.25, 0.3) is 11.1 Å². The summed E-state index contributed by atoms with van der Waals surface area (Å²) in [5, 5.41) is 10.5. The van der Waals surface area contributed by atoms with Gasteiger partial charge >= 0.3 is 0 Å². The van der Waals surface area contributed by atoms with E-state index >= 15 is 0 Å². The summed E-state index contributed by atoms with van der Waals surface area (Å²) in [5.74, 6) is 0. The van der Waals surface area contributed by atoms with Crippen molar-refractivity contribution in [3.05, 3.63) is 96.9 Å². The van der Waals surface area contributed by atoms with Gasteiger partial charge in [0.1, 0.15) is 0 Å². The molecule has 0 unspecified atom stereocenters. The second kappa shape index (κ2) is 10.5. The smallest absolute Gasteiger partial charge is 0.0537 e. The summed E-state index contributed by atoms with van der Waals surface area (Å²) in [6, 6.07) is 21.2. The van der Waals surface area contributed by atoms with Gasteiger partial charge in [-0.1, -0.05) is 48.6 Å². The minimum absolute atomic E-state index is 0.263. The summed E-state index contributed by atoms with van der Waals surface area (Å²) in [6.45, 7) is 3.90. The summed E-state index contributed by atoms with van der Waals surface area (Å²) < 4.78 is 0. The molecule has 0 saturated carbocycles. The third-order valence-corrected chi connectivity index (χ3v) is 5.40. The first-order valence-electron chi connectivity index (χ1n) is 11.0. The topological polar surface area (TPSA) is 49.0 Å². The average Bonchev–Trinajstić information content (AvgIpc) is 2.83. The van der Waals surface area contributed by atoms with Gasteiger partial charge in [-0.3, -0.25) is 4.98 Å². The number of hydrogen-bond donors (Lipinski definition) is 3. The Labute approximate surface area is 185 Å². The Hall–Kier alpha value is -3.53. The van der Waals surface area contributed by atoms with Crippen LogP contribution in [-0.4, -0.2) is 24.1 Å². The fraction of sp³-hybridized carbons (Fsp3) is 0.222. The molecule has 1 aliphatic rings. The van der Waals surface area contributed by atoms with E-state index in [0.29, 0.717) is 0 Å². The van der Waals surface area contributed by atoms with Gasteiger partial charge in [0.05, 0.1) is 5.69 Å². The number of aromatic nitrogens is 1. The monoisotopic (exact) mass is 410 g/mol. The summed E-state index contributed by atoms with van der Waals surface area (Å²) >= 11 is 0. The Bertz CT molecular complexity index is 1040. The van der Waals surface area contributed by atoms with Crippen molar-refractivity contribution in [3.8, 4) is 11.1 Å². The summed E-state index contributed by atoms with van der Waals surface area (Å²) in [6.07, 6.45) is 12.9. The third-order valence-electron chi connectivity index (χ3n) is 5.40. The molecular formula is C27H30N4. The van der Waals surface area contributed by atoms with Crippen LogP contribution in [0.5, 0.6) is 0 Å². The molecule has 0 aliphatic heterocycles. The van der Waals surface area contributed by atoms with Crippen LogP contribution >= 0.6 is 0 Å². The number of allylic oxidation sites excluding steroid dienone is 2. The van der Waals surface area contributed by atoms with Crippen LogP contribution in [0.15, 0.2) is 96.9 Å². The van der Waals surface area contributed by atoms with Crippen LogP contribution in [0.4, 0.5) is 17.1 Å². The zero-order valence-electron chi connectivity index (χ0n) is 18.0. The summed E-state index contributed by atoms with van der Waals surface area (Å²) in [7, 11) is 0. The molecule has 0 amide bonds. The maximum atomic E-state index is 4.47. The molecule has 31 heavy (non-hydrogen) atoms. The lowest BCUT2D eigenvalue weighted by atomic mass is 10.0. The number of hydrogen-bond acceptors (Lipinski definition) is 4. The van der Waals surface area contributed by atoms with Crippen molar-refractivity contribution in [1.29, 1.82) is 0 Å². The Morgan fingerprint density at radius 2 is 1.58 bits per heavy atom. The van der Waals surface area contributed by atoms with Gasteiger partial charge in [-0.25, -0.2) is 0 Å². The number of para-hydroxylation sites is 1. The lowest BCUT2D eigenvalue weighted by Crippen LogP contribution is -2.17. The highest BCUT2D eigenvalue weighted by atomic mass is 14.9. The van der Waals surface area contributed by atoms with Crippen molar-refractivity contribution in [3.63, 3.8) is 0 Å². The first-order chi connectivity index (χ1) is 15.3. The van der Waals surface area contributed by atoms with E-state index < -0.39 is 0 Å². The predicted molar refractivity (Wildman–Crippen MR) is 133 cm³/mol. The first-order valence-corrected chi connectivity index (χ1v) is 11.0. The molecule has 1 aromatic heterocycles. The fourth-order valence-electron chi connectivity index (χ4n) is 3.74. The standard InChI is InChI=1S/C27H30N4/c1-21(22-9-4-2-5-10-22)31-27-18-24(19-28-20-27)23-11-8-14-26(17-23)30-16-15-29-25-12-6-3-7-13-25/h3-4,6-14,17-21,29-31H,2,5,15-16H2,1H3/t21-/m0/s1. The van der Waals surface area contributed by atoms with Gasteiger partial charge in [0.2, 0.25) is 0 Å². The number of anilines is 3. The second-order valence-corrected chi connectivity index (χ2v) is 7.81. The maximum Gasteiger partial charge on any atom is 0.0537 e. The molecule has 4 rings (SSSR count). The lowest BCUT2D eigenvalue weighted by Gasteiger charge is -2.19. The Morgan fingerprint density at radius 1 is 0.806 bits per heavy atom. The largest absolute Gasteiger partial charge is 0.383 e. The minimum atomic E-state index is 0.263. The molecule has 0 fully saturated rings. The molecule has 3 N–H and O–H groups in total. The quantitative estimate of drug-likeness (QED) is 0.360. The zero-order valence-corrected chi connectivity index (χ0v) is 18.0. The number of benzene rings is 2. The van der Waals surface area contributed by atoms with Crippen LogP contribution in [0.1, 0.15) is 19.8 Å². The van der Waals surface area contributed by atoms with Gasteiger partial charge in [0, 0.05) is 48.5 Å². The van der Waals surface area contributed by atoms with Crippen molar-refractivity contribution in [2.45, 2.75) is 25.8 Å². The molecular weight excluding hydrogens is 380 g/mol. The molecule has 158 valence electrons. The van der Waals surface area contributed by atoms with Crippen LogP contribution in [-0.2, 0) is 0 Å². The van der Waals surface area contributed by atoms with Gasteiger partial charge in [0.25, 0.3) is 0 Å². The minimum Gasteiger partial charge on any atom is -0.383 e. The van der Waals surface area contributed by atoms with Crippen LogP contribution in [0.3, 0.4) is 0 Å². The Kier molecular flexibility index (Phi) is 7.01. The molecule has 1 heterocycles.